The number of thioether (sulfide) groups is 1. The molecule has 0 aliphatic rings. The summed E-state index contributed by atoms with van der Waals surface area (Å²) in [4.78, 5) is 5.58. The molecule has 2 rings (SSSR count). The summed E-state index contributed by atoms with van der Waals surface area (Å²) in [6.07, 6.45) is 6.01. The third-order valence-corrected chi connectivity index (χ3v) is 4.33. The monoisotopic (exact) mass is 459 g/mol. The average Bonchev–Trinajstić information content (AvgIpc) is 2.96. The third-order valence-electron chi connectivity index (χ3n) is 3.51. The molecule has 0 bridgehead atoms. The number of guanidine groups is 1. The molecule has 132 valence electrons. The molecule has 1 aromatic carbocycles. The van der Waals surface area contributed by atoms with Crippen LogP contribution in [0.2, 0.25) is 0 Å². The number of benzene rings is 1. The van der Waals surface area contributed by atoms with E-state index in [-0.39, 0.29) is 24.0 Å². The lowest BCUT2D eigenvalue weighted by Crippen LogP contribution is -2.38. The molecule has 7 heteroatoms. The molecule has 1 aromatic heterocycles. The lowest BCUT2D eigenvalue weighted by atomic mass is 10.1. The number of aliphatic imine (C=N–C) groups is 1. The highest BCUT2D eigenvalue weighted by Gasteiger charge is 2.04. The van der Waals surface area contributed by atoms with Crippen LogP contribution in [-0.2, 0) is 13.1 Å². The summed E-state index contributed by atoms with van der Waals surface area (Å²) in [5.74, 6) is 0.807. The van der Waals surface area contributed by atoms with E-state index in [9.17, 15) is 0 Å². The van der Waals surface area contributed by atoms with E-state index in [1.807, 2.05) is 24.0 Å². The van der Waals surface area contributed by atoms with Crippen molar-refractivity contribution in [2.24, 2.45) is 4.99 Å². The first-order valence-electron chi connectivity index (χ1n) is 7.69. The van der Waals surface area contributed by atoms with Gasteiger partial charge in [-0.15, -0.1) is 35.7 Å². The summed E-state index contributed by atoms with van der Waals surface area (Å²) in [5.41, 5.74) is 3.75. The highest BCUT2D eigenvalue weighted by Crippen LogP contribution is 2.21. The summed E-state index contributed by atoms with van der Waals surface area (Å²) in [7, 11) is 1.79. The Labute approximate surface area is 165 Å². The number of hydrogen-bond donors (Lipinski definition) is 2. The van der Waals surface area contributed by atoms with Crippen LogP contribution in [0.1, 0.15) is 16.7 Å². The number of rotatable bonds is 6. The zero-order valence-electron chi connectivity index (χ0n) is 14.7. The number of aryl methyl sites for hydroxylation is 2. The maximum Gasteiger partial charge on any atom is 0.191 e. The molecular formula is C17H26IN5S. The van der Waals surface area contributed by atoms with Crippen LogP contribution in [0.3, 0.4) is 0 Å². The second-order valence-corrected chi connectivity index (χ2v) is 6.30. The first kappa shape index (κ1) is 20.8. The van der Waals surface area contributed by atoms with Crippen molar-refractivity contribution in [2.45, 2.75) is 31.8 Å². The van der Waals surface area contributed by atoms with Crippen molar-refractivity contribution in [3.05, 3.63) is 47.3 Å². The topological polar surface area (TPSA) is 54.2 Å². The number of nitrogens with one attached hydrogen (secondary N) is 2. The van der Waals surface area contributed by atoms with Gasteiger partial charge in [-0.3, -0.25) is 9.67 Å². The second kappa shape index (κ2) is 10.6. The predicted octanol–water partition coefficient (Wildman–Crippen LogP) is 3.21. The van der Waals surface area contributed by atoms with Gasteiger partial charge in [-0.05, 0) is 42.9 Å². The van der Waals surface area contributed by atoms with E-state index < -0.39 is 0 Å². The second-order valence-electron chi connectivity index (χ2n) is 5.45. The summed E-state index contributed by atoms with van der Waals surface area (Å²) in [6.45, 7) is 6.52. The molecule has 1 heterocycles. The minimum absolute atomic E-state index is 0. The van der Waals surface area contributed by atoms with Crippen molar-refractivity contribution in [3.8, 4) is 0 Å². The average molecular weight is 459 g/mol. The summed E-state index contributed by atoms with van der Waals surface area (Å²) < 4.78 is 1.93. The highest BCUT2D eigenvalue weighted by molar-refractivity contribution is 14.0. The predicted molar refractivity (Wildman–Crippen MR) is 114 cm³/mol. The van der Waals surface area contributed by atoms with Gasteiger partial charge in [-0.2, -0.15) is 5.10 Å². The van der Waals surface area contributed by atoms with Gasteiger partial charge in [0.15, 0.2) is 5.96 Å². The van der Waals surface area contributed by atoms with Gasteiger partial charge in [0.1, 0.15) is 0 Å². The van der Waals surface area contributed by atoms with Crippen molar-refractivity contribution in [1.29, 1.82) is 0 Å². The lowest BCUT2D eigenvalue weighted by Gasteiger charge is -2.14. The van der Waals surface area contributed by atoms with Crippen molar-refractivity contribution in [2.75, 3.05) is 19.8 Å². The molecule has 0 atom stereocenters. The van der Waals surface area contributed by atoms with E-state index in [1.54, 1.807) is 18.8 Å². The fraction of sp³-hybridized carbons (Fsp3) is 0.412. The van der Waals surface area contributed by atoms with Crippen LogP contribution in [-0.4, -0.2) is 35.6 Å². The Morgan fingerprint density at radius 1 is 1.25 bits per heavy atom. The van der Waals surface area contributed by atoms with Gasteiger partial charge in [0.05, 0.1) is 12.7 Å². The fourth-order valence-corrected chi connectivity index (χ4v) is 2.98. The van der Waals surface area contributed by atoms with E-state index in [4.69, 9.17) is 0 Å². The molecule has 2 aromatic rings. The molecule has 0 saturated carbocycles. The maximum atomic E-state index is 4.28. The molecule has 0 amide bonds. The van der Waals surface area contributed by atoms with Crippen molar-refractivity contribution < 1.29 is 0 Å². The van der Waals surface area contributed by atoms with Gasteiger partial charge in [-0.1, -0.05) is 12.1 Å². The molecule has 0 saturated heterocycles. The third kappa shape index (κ3) is 6.35. The molecule has 0 spiro atoms. The van der Waals surface area contributed by atoms with Crippen molar-refractivity contribution in [1.82, 2.24) is 20.4 Å². The quantitative estimate of drug-likeness (QED) is 0.302. The zero-order chi connectivity index (χ0) is 16.7. The van der Waals surface area contributed by atoms with E-state index in [1.165, 1.54) is 21.6 Å². The fourth-order valence-electron chi connectivity index (χ4n) is 2.28. The van der Waals surface area contributed by atoms with Crippen LogP contribution < -0.4 is 10.6 Å². The summed E-state index contributed by atoms with van der Waals surface area (Å²) >= 11 is 1.77. The van der Waals surface area contributed by atoms with Gasteiger partial charge in [-0.25, -0.2) is 0 Å². The van der Waals surface area contributed by atoms with Crippen LogP contribution >= 0.6 is 35.7 Å². The molecular weight excluding hydrogens is 433 g/mol. The van der Waals surface area contributed by atoms with Crippen LogP contribution in [0, 0.1) is 13.8 Å². The minimum Gasteiger partial charge on any atom is -0.355 e. The van der Waals surface area contributed by atoms with Gasteiger partial charge in [0.2, 0.25) is 0 Å². The molecule has 0 unspecified atom stereocenters. The van der Waals surface area contributed by atoms with Gasteiger partial charge in [0, 0.05) is 31.2 Å². The number of aromatic nitrogens is 2. The Hall–Kier alpha value is -1.22. The summed E-state index contributed by atoms with van der Waals surface area (Å²) in [6, 6.07) is 6.54. The van der Waals surface area contributed by atoms with Crippen LogP contribution in [0.25, 0.3) is 0 Å². The molecule has 0 radical (unpaired) electrons. The lowest BCUT2D eigenvalue weighted by molar-refractivity contribution is 0.597. The standard InChI is InChI=1S/C17H25N5S.HI/c1-13-5-6-15(16(9-13)23-4)11-20-17(18-3)19-7-8-22-12-14(2)10-21-22;/h5-6,9-10,12H,7-8,11H2,1-4H3,(H2,18,19,20);1H. The largest absolute Gasteiger partial charge is 0.355 e. The molecule has 0 aliphatic heterocycles. The molecule has 0 aliphatic carbocycles. The molecule has 0 fully saturated rings. The number of hydrogen-bond acceptors (Lipinski definition) is 3. The SMILES string of the molecule is CN=C(NCCn1cc(C)cn1)NCc1ccc(C)cc1SC.I. The maximum absolute atomic E-state index is 4.28. The van der Waals surface area contributed by atoms with Crippen LogP contribution in [0.15, 0.2) is 40.5 Å². The normalized spacial score (nSPS) is 11.1. The summed E-state index contributed by atoms with van der Waals surface area (Å²) in [5, 5.41) is 11.0. The molecule has 2 N–H and O–H groups in total. The zero-order valence-corrected chi connectivity index (χ0v) is 17.8. The number of halogens is 1. The van der Waals surface area contributed by atoms with E-state index >= 15 is 0 Å². The van der Waals surface area contributed by atoms with Crippen LogP contribution in [0.4, 0.5) is 0 Å². The van der Waals surface area contributed by atoms with Gasteiger partial charge >= 0.3 is 0 Å². The van der Waals surface area contributed by atoms with Crippen molar-refractivity contribution in [3.63, 3.8) is 0 Å². The Balaban J connectivity index is 0.00000288. The van der Waals surface area contributed by atoms with Gasteiger partial charge in [0.25, 0.3) is 0 Å². The first-order chi connectivity index (χ1) is 11.1. The first-order valence-corrected chi connectivity index (χ1v) is 8.92. The number of nitrogens with zero attached hydrogens (tertiary/aromatic N) is 3. The smallest absolute Gasteiger partial charge is 0.191 e. The Morgan fingerprint density at radius 3 is 2.67 bits per heavy atom. The van der Waals surface area contributed by atoms with Crippen molar-refractivity contribution >= 4 is 41.7 Å². The molecule has 5 nitrogen and oxygen atoms in total. The Morgan fingerprint density at radius 2 is 2.04 bits per heavy atom. The van der Waals surface area contributed by atoms with E-state index in [0.29, 0.717) is 0 Å². The minimum atomic E-state index is 0. The Bertz CT molecular complexity index is 669. The van der Waals surface area contributed by atoms with Crippen LogP contribution in [0.5, 0.6) is 0 Å². The van der Waals surface area contributed by atoms with E-state index in [0.717, 1.165) is 25.6 Å². The highest BCUT2D eigenvalue weighted by atomic mass is 127. The van der Waals surface area contributed by atoms with Gasteiger partial charge < -0.3 is 10.6 Å². The Kier molecular flexibility index (Phi) is 9.20. The van der Waals surface area contributed by atoms with E-state index in [2.05, 4.69) is 52.1 Å². The molecule has 24 heavy (non-hydrogen) atoms.